The molecular formula is C10H9N3O2S. The molecule has 0 amide bonds. The first-order chi connectivity index (χ1) is 7.65. The summed E-state index contributed by atoms with van der Waals surface area (Å²) in [5, 5.41) is 8.63. The van der Waals surface area contributed by atoms with Crippen molar-refractivity contribution in [3.63, 3.8) is 0 Å². The summed E-state index contributed by atoms with van der Waals surface area (Å²) >= 11 is 1.24. The summed E-state index contributed by atoms with van der Waals surface area (Å²) in [6, 6.07) is 3.37. The fourth-order valence-electron chi connectivity index (χ4n) is 1.09. The fraction of sp³-hybridized carbons (Fsp3) is 0.200. The van der Waals surface area contributed by atoms with Crippen molar-refractivity contribution in [2.75, 3.05) is 0 Å². The number of carbonyl (C=O) groups excluding carboxylic acids is 1. The molecule has 0 unspecified atom stereocenters. The van der Waals surface area contributed by atoms with E-state index in [1.165, 1.54) is 18.7 Å². The monoisotopic (exact) mass is 235 g/mol. The van der Waals surface area contributed by atoms with Crippen LogP contribution in [0.2, 0.25) is 0 Å². The van der Waals surface area contributed by atoms with Gasteiger partial charge in [0, 0.05) is 18.7 Å². The lowest BCUT2D eigenvalue weighted by Crippen LogP contribution is -1.92. The van der Waals surface area contributed by atoms with Crippen LogP contribution in [0.4, 0.5) is 0 Å². The molecule has 0 radical (unpaired) electrons. The number of rotatable bonds is 3. The number of ketones is 1. The maximum Gasteiger partial charge on any atom is 0.282 e. The van der Waals surface area contributed by atoms with Crippen molar-refractivity contribution >= 4 is 17.5 Å². The van der Waals surface area contributed by atoms with Crippen molar-refractivity contribution in [3.8, 4) is 0 Å². The lowest BCUT2D eigenvalue weighted by Gasteiger charge is -1.98. The van der Waals surface area contributed by atoms with Crippen LogP contribution in [0, 0.1) is 6.92 Å². The average Bonchev–Trinajstić information content (AvgIpc) is 2.64. The van der Waals surface area contributed by atoms with Crippen LogP contribution in [0.5, 0.6) is 0 Å². The molecule has 5 nitrogen and oxygen atoms in total. The molecule has 0 aliphatic rings. The van der Waals surface area contributed by atoms with Gasteiger partial charge in [-0.25, -0.2) is 4.98 Å². The third-order valence-corrected chi connectivity index (χ3v) is 2.61. The van der Waals surface area contributed by atoms with Crippen LogP contribution < -0.4 is 0 Å². The molecule has 0 saturated heterocycles. The minimum Gasteiger partial charge on any atom is -0.416 e. The van der Waals surface area contributed by atoms with Gasteiger partial charge >= 0.3 is 0 Å². The first kappa shape index (κ1) is 10.8. The Morgan fingerprint density at radius 2 is 2.25 bits per heavy atom. The van der Waals surface area contributed by atoms with Crippen molar-refractivity contribution in [3.05, 3.63) is 29.8 Å². The van der Waals surface area contributed by atoms with Gasteiger partial charge < -0.3 is 4.42 Å². The van der Waals surface area contributed by atoms with Gasteiger partial charge in [0.25, 0.3) is 5.22 Å². The molecule has 2 aromatic heterocycles. The molecule has 6 heteroatoms. The van der Waals surface area contributed by atoms with Gasteiger partial charge in [0.05, 0.1) is 0 Å². The van der Waals surface area contributed by atoms with Crippen LogP contribution in [0.3, 0.4) is 0 Å². The van der Waals surface area contributed by atoms with Gasteiger partial charge in [0.1, 0.15) is 5.03 Å². The number of hydrogen-bond acceptors (Lipinski definition) is 6. The summed E-state index contributed by atoms with van der Waals surface area (Å²) in [5.74, 6) is 0.510. The van der Waals surface area contributed by atoms with E-state index in [1.807, 2.05) is 0 Å². The third-order valence-electron chi connectivity index (χ3n) is 1.84. The minimum atomic E-state index is 0.00552. The molecule has 0 fully saturated rings. The normalized spacial score (nSPS) is 10.4. The number of hydrogen-bond donors (Lipinski definition) is 0. The second-order valence-electron chi connectivity index (χ2n) is 3.13. The van der Waals surface area contributed by atoms with Gasteiger partial charge in [-0.2, -0.15) is 0 Å². The van der Waals surface area contributed by atoms with E-state index in [9.17, 15) is 4.79 Å². The zero-order valence-corrected chi connectivity index (χ0v) is 9.61. The molecule has 82 valence electrons. The van der Waals surface area contributed by atoms with Crippen molar-refractivity contribution in [1.82, 2.24) is 15.2 Å². The number of aryl methyl sites for hydroxylation is 1. The Labute approximate surface area is 96.3 Å². The standard InChI is InChI=1S/C10H9N3O2S/c1-6(14)8-3-4-11-9(5-8)16-10-13-12-7(2)15-10/h3-5H,1-2H3. The Kier molecular flexibility index (Phi) is 3.00. The van der Waals surface area contributed by atoms with E-state index in [1.54, 1.807) is 25.3 Å². The van der Waals surface area contributed by atoms with Gasteiger partial charge in [-0.3, -0.25) is 4.79 Å². The van der Waals surface area contributed by atoms with Gasteiger partial charge in [0.15, 0.2) is 5.78 Å². The van der Waals surface area contributed by atoms with Crippen molar-refractivity contribution < 1.29 is 9.21 Å². The predicted octanol–water partition coefficient (Wildman–Crippen LogP) is 2.13. The van der Waals surface area contributed by atoms with E-state index in [-0.39, 0.29) is 5.78 Å². The molecule has 2 aromatic rings. The van der Waals surface area contributed by atoms with Crippen molar-refractivity contribution in [1.29, 1.82) is 0 Å². The highest BCUT2D eigenvalue weighted by Gasteiger charge is 2.07. The molecule has 0 spiro atoms. The topological polar surface area (TPSA) is 68.9 Å². The molecule has 0 aliphatic carbocycles. The summed E-state index contributed by atoms with van der Waals surface area (Å²) < 4.78 is 5.20. The van der Waals surface area contributed by atoms with Crippen LogP contribution in [0.1, 0.15) is 23.2 Å². The third kappa shape index (κ3) is 2.46. The fourth-order valence-corrected chi connectivity index (χ4v) is 1.82. The SMILES string of the molecule is CC(=O)c1ccnc(Sc2nnc(C)o2)c1. The Morgan fingerprint density at radius 1 is 1.44 bits per heavy atom. The van der Waals surface area contributed by atoms with Gasteiger partial charge in [0.2, 0.25) is 5.89 Å². The highest BCUT2D eigenvalue weighted by Crippen LogP contribution is 2.24. The molecule has 0 saturated carbocycles. The van der Waals surface area contributed by atoms with Crippen molar-refractivity contribution in [2.45, 2.75) is 24.1 Å². The molecular weight excluding hydrogens is 226 g/mol. The van der Waals surface area contributed by atoms with E-state index >= 15 is 0 Å². The Morgan fingerprint density at radius 3 is 2.88 bits per heavy atom. The van der Waals surface area contributed by atoms with Gasteiger partial charge in [-0.1, -0.05) is 0 Å². The lowest BCUT2D eigenvalue weighted by atomic mass is 10.2. The summed E-state index contributed by atoms with van der Waals surface area (Å²) in [6.07, 6.45) is 1.59. The van der Waals surface area contributed by atoms with Crippen LogP contribution in [-0.2, 0) is 0 Å². The molecule has 16 heavy (non-hydrogen) atoms. The second-order valence-corrected chi connectivity index (χ2v) is 4.10. The predicted molar refractivity (Wildman–Crippen MR) is 57.4 cm³/mol. The number of Topliss-reactive ketones (excluding diaryl/α,β-unsaturated/α-hetero) is 1. The summed E-state index contributed by atoms with van der Waals surface area (Å²) in [4.78, 5) is 15.3. The Hall–Kier alpha value is -1.69. The highest BCUT2D eigenvalue weighted by molar-refractivity contribution is 7.99. The number of aromatic nitrogens is 3. The Balaban J connectivity index is 2.21. The molecule has 0 bridgehead atoms. The van der Waals surface area contributed by atoms with Gasteiger partial charge in [-0.05, 0) is 30.8 Å². The lowest BCUT2D eigenvalue weighted by molar-refractivity contribution is 0.101. The van der Waals surface area contributed by atoms with E-state index in [2.05, 4.69) is 15.2 Å². The molecule has 0 N–H and O–H groups in total. The smallest absolute Gasteiger partial charge is 0.282 e. The van der Waals surface area contributed by atoms with Crippen LogP contribution in [0.25, 0.3) is 0 Å². The molecule has 2 rings (SSSR count). The highest BCUT2D eigenvalue weighted by atomic mass is 32.2. The number of nitrogens with zero attached hydrogens (tertiary/aromatic N) is 3. The summed E-state index contributed by atoms with van der Waals surface area (Å²) in [5.41, 5.74) is 0.619. The zero-order valence-electron chi connectivity index (χ0n) is 8.80. The largest absolute Gasteiger partial charge is 0.416 e. The maximum absolute atomic E-state index is 11.2. The van der Waals surface area contributed by atoms with E-state index in [0.717, 1.165) is 0 Å². The number of pyridine rings is 1. The second kappa shape index (κ2) is 4.44. The van der Waals surface area contributed by atoms with Crippen molar-refractivity contribution in [2.24, 2.45) is 0 Å². The molecule has 0 atom stereocenters. The maximum atomic E-state index is 11.2. The average molecular weight is 235 g/mol. The molecule has 2 heterocycles. The minimum absolute atomic E-state index is 0.00552. The van der Waals surface area contributed by atoms with Crippen LogP contribution >= 0.6 is 11.8 Å². The summed E-state index contributed by atoms with van der Waals surface area (Å²) in [7, 11) is 0. The Bertz CT molecular complexity index is 524. The summed E-state index contributed by atoms with van der Waals surface area (Å²) in [6.45, 7) is 3.23. The zero-order chi connectivity index (χ0) is 11.5. The molecule has 0 aliphatic heterocycles. The molecule has 0 aromatic carbocycles. The van der Waals surface area contributed by atoms with E-state index in [4.69, 9.17) is 4.42 Å². The van der Waals surface area contributed by atoms with E-state index in [0.29, 0.717) is 21.7 Å². The first-order valence-corrected chi connectivity index (χ1v) is 5.42. The quantitative estimate of drug-likeness (QED) is 0.759. The van der Waals surface area contributed by atoms with Crippen LogP contribution in [0.15, 0.2) is 33.0 Å². The first-order valence-electron chi connectivity index (χ1n) is 4.60. The van der Waals surface area contributed by atoms with E-state index < -0.39 is 0 Å². The number of carbonyl (C=O) groups is 1. The van der Waals surface area contributed by atoms with Gasteiger partial charge in [-0.15, -0.1) is 10.2 Å². The van der Waals surface area contributed by atoms with Crippen LogP contribution in [-0.4, -0.2) is 21.0 Å².